The number of rotatable bonds is 2. The Morgan fingerprint density at radius 2 is 2.28 bits per heavy atom. The van der Waals surface area contributed by atoms with E-state index in [-0.39, 0.29) is 11.5 Å². The monoisotopic (exact) mass is 249 g/mol. The molecule has 0 radical (unpaired) electrons. The van der Waals surface area contributed by atoms with Gasteiger partial charge in [0.25, 0.3) is 0 Å². The normalized spacial score (nSPS) is 20.4. The van der Waals surface area contributed by atoms with Gasteiger partial charge in [0.2, 0.25) is 0 Å². The zero-order valence-corrected chi connectivity index (χ0v) is 10.1. The van der Waals surface area contributed by atoms with E-state index in [4.69, 9.17) is 0 Å². The van der Waals surface area contributed by atoms with Crippen molar-refractivity contribution in [3.05, 3.63) is 34.5 Å². The maximum atomic E-state index is 13.3. The average molecular weight is 249 g/mol. The predicted molar refractivity (Wildman–Crippen MR) is 68.2 cm³/mol. The van der Waals surface area contributed by atoms with E-state index in [1.165, 1.54) is 25.0 Å². The van der Waals surface area contributed by atoms with Crippen molar-refractivity contribution in [2.75, 3.05) is 6.54 Å². The summed E-state index contributed by atoms with van der Waals surface area (Å²) < 4.78 is 14.9. The minimum Gasteiger partial charge on any atom is -0.312 e. The second-order valence-corrected chi connectivity index (χ2v) is 4.85. The molecule has 4 nitrogen and oxygen atoms in total. The number of hydrogen-bond donors (Lipinski definition) is 2. The fraction of sp³-hybridized carbons (Fsp3) is 0.462. The summed E-state index contributed by atoms with van der Waals surface area (Å²) in [6, 6.07) is 4.69. The Hall–Kier alpha value is -1.62. The second-order valence-electron chi connectivity index (χ2n) is 4.85. The van der Waals surface area contributed by atoms with E-state index in [0.29, 0.717) is 23.6 Å². The van der Waals surface area contributed by atoms with Crippen LogP contribution in [-0.4, -0.2) is 22.1 Å². The van der Waals surface area contributed by atoms with Gasteiger partial charge in [-0.15, -0.1) is 0 Å². The third-order valence-corrected chi connectivity index (χ3v) is 3.55. The lowest BCUT2D eigenvalue weighted by Gasteiger charge is -2.23. The zero-order valence-electron chi connectivity index (χ0n) is 10.1. The fourth-order valence-electron chi connectivity index (χ4n) is 2.61. The maximum Gasteiger partial charge on any atom is 0.326 e. The standard InChI is InChI=1S/C13H16FN3O/c14-9-4-5-11-12(7-9)17(13(18)16-11)8-10-3-1-2-6-15-10/h4-5,7,10,15H,1-3,6,8H2,(H,16,18). The molecule has 1 unspecified atom stereocenters. The van der Waals surface area contributed by atoms with Gasteiger partial charge in [-0.25, -0.2) is 9.18 Å². The molecule has 1 atom stereocenters. The van der Waals surface area contributed by atoms with Gasteiger partial charge in [0.05, 0.1) is 11.0 Å². The summed E-state index contributed by atoms with van der Waals surface area (Å²) in [5.41, 5.74) is 1.17. The van der Waals surface area contributed by atoms with Crippen LogP contribution in [0.15, 0.2) is 23.0 Å². The van der Waals surface area contributed by atoms with E-state index in [0.717, 1.165) is 13.0 Å². The molecule has 5 heteroatoms. The second kappa shape index (κ2) is 4.57. The van der Waals surface area contributed by atoms with Crippen molar-refractivity contribution in [1.82, 2.24) is 14.9 Å². The molecular weight excluding hydrogens is 233 g/mol. The summed E-state index contributed by atoms with van der Waals surface area (Å²) in [5.74, 6) is -0.313. The van der Waals surface area contributed by atoms with E-state index in [1.54, 1.807) is 10.6 Å². The molecule has 1 aromatic heterocycles. The molecule has 2 N–H and O–H groups in total. The van der Waals surface area contributed by atoms with Gasteiger partial charge in [-0.1, -0.05) is 6.42 Å². The third kappa shape index (κ3) is 2.06. The Balaban J connectivity index is 1.97. The van der Waals surface area contributed by atoms with Gasteiger partial charge >= 0.3 is 5.69 Å². The van der Waals surface area contributed by atoms with Crippen molar-refractivity contribution in [2.45, 2.75) is 31.8 Å². The van der Waals surface area contributed by atoms with Crippen molar-refractivity contribution in [1.29, 1.82) is 0 Å². The topological polar surface area (TPSA) is 49.8 Å². The number of hydrogen-bond acceptors (Lipinski definition) is 2. The Kier molecular flexibility index (Phi) is 2.91. The molecule has 1 aliphatic rings. The summed E-state index contributed by atoms with van der Waals surface area (Å²) in [4.78, 5) is 14.6. The Morgan fingerprint density at radius 1 is 1.39 bits per heavy atom. The Morgan fingerprint density at radius 3 is 3.06 bits per heavy atom. The summed E-state index contributed by atoms with van der Waals surface area (Å²) in [7, 11) is 0. The summed E-state index contributed by atoms with van der Waals surface area (Å²) >= 11 is 0. The van der Waals surface area contributed by atoms with Crippen LogP contribution in [-0.2, 0) is 6.54 Å². The molecule has 0 saturated carbocycles. The van der Waals surface area contributed by atoms with Crippen molar-refractivity contribution in [2.24, 2.45) is 0 Å². The van der Waals surface area contributed by atoms with Crippen molar-refractivity contribution in [3.8, 4) is 0 Å². The molecule has 3 rings (SSSR count). The maximum absolute atomic E-state index is 13.3. The number of aromatic nitrogens is 2. The van der Waals surface area contributed by atoms with Crippen LogP contribution in [0, 0.1) is 5.82 Å². The highest BCUT2D eigenvalue weighted by atomic mass is 19.1. The average Bonchev–Trinajstić information content (AvgIpc) is 2.67. The molecule has 0 aliphatic carbocycles. The van der Waals surface area contributed by atoms with Crippen molar-refractivity contribution >= 4 is 11.0 Å². The van der Waals surface area contributed by atoms with Crippen molar-refractivity contribution < 1.29 is 4.39 Å². The molecule has 0 bridgehead atoms. The van der Waals surface area contributed by atoms with Gasteiger partial charge in [-0.05, 0) is 37.6 Å². The first-order valence-corrected chi connectivity index (χ1v) is 6.35. The predicted octanol–water partition coefficient (Wildman–Crippen LogP) is 1.61. The summed E-state index contributed by atoms with van der Waals surface area (Å²) in [6.07, 6.45) is 3.44. The lowest BCUT2D eigenvalue weighted by molar-refractivity contribution is 0.363. The minimum atomic E-state index is -0.313. The molecule has 1 aromatic carbocycles. The molecule has 18 heavy (non-hydrogen) atoms. The smallest absolute Gasteiger partial charge is 0.312 e. The van der Waals surface area contributed by atoms with Crippen LogP contribution in [0.5, 0.6) is 0 Å². The number of imidazole rings is 1. The third-order valence-electron chi connectivity index (χ3n) is 3.55. The van der Waals surface area contributed by atoms with E-state index >= 15 is 0 Å². The van der Waals surface area contributed by atoms with Gasteiger partial charge in [0.15, 0.2) is 0 Å². The molecular formula is C13H16FN3O. The molecule has 2 heterocycles. The molecule has 1 aliphatic heterocycles. The van der Waals surface area contributed by atoms with E-state index in [1.807, 2.05) is 0 Å². The number of piperidine rings is 1. The van der Waals surface area contributed by atoms with E-state index in [2.05, 4.69) is 10.3 Å². The van der Waals surface area contributed by atoms with Crippen LogP contribution in [0.25, 0.3) is 11.0 Å². The molecule has 2 aromatic rings. The number of fused-ring (bicyclic) bond motifs is 1. The zero-order chi connectivity index (χ0) is 12.5. The van der Waals surface area contributed by atoms with Gasteiger partial charge in [0.1, 0.15) is 5.82 Å². The molecule has 1 saturated heterocycles. The Labute approximate surface area is 104 Å². The lowest BCUT2D eigenvalue weighted by atomic mass is 10.1. The van der Waals surface area contributed by atoms with Crippen LogP contribution < -0.4 is 11.0 Å². The van der Waals surface area contributed by atoms with E-state index < -0.39 is 0 Å². The lowest BCUT2D eigenvalue weighted by Crippen LogP contribution is -2.39. The van der Waals surface area contributed by atoms with Gasteiger partial charge in [0, 0.05) is 12.6 Å². The number of nitrogens with one attached hydrogen (secondary N) is 2. The molecule has 0 amide bonds. The molecule has 1 fully saturated rings. The fourth-order valence-corrected chi connectivity index (χ4v) is 2.61. The molecule has 0 spiro atoms. The first-order valence-electron chi connectivity index (χ1n) is 6.35. The first kappa shape index (κ1) is 11.5. The number of nitrogens with zero attached hydrogens (tertiary/aromatic N) is 1. The largest absolute Gasteiger partial charge is 0.326 e. The van der Waals surface area contributed by atoms with Gasteiger partial charge < -0.3 is 10.3 Å². The van der Waals surface area contributed by atoms with Crippen LogP contribution >= 0.6 is 0 Å². The highest BCUT2D eigenvalue weighted by molar-refractivity contribution is 5.75. The van der Waals surface area contributed by atoms with Crippen LogP contribution in [0.4, 0.5) is 4.39 Å². The molecule has 96 valence electrons. The SMILES string of the molecule is O=c1[nH]c2ccc(F)cc2n1CC1CCCCN1. The van der Waals surface area contributed by atoms with Gasteiger partial charge in [-0.2, -0.15) is 0 Å². The Bertz CT molecular complexity index is 610. The quantitative estimate of drug-likeness (QED) is 0.849. The highest BCUT2D eigenvalue weighted by Crippen LogP contribution is 2.14. The van der Waals surface area contributed by atoms with Gasteiger partial charge in [-0.3, -0.25) is 4.57 Å². The van der Waals surface area contributed by atoms with E-state index in [9.17, 15) is 9.18 Å². The van der Waals surface area contributed by atoms with Crippen LogP contribution in [0.3, 0.4) is 0 Å². The summed E-state index contributed by atoms with van der Waals surface area (Å²) in [5, 5.41) is 3.40. The summed E-state index contributed by atoms with van der Waals surface area (Å²) in [6.45, 7) is 1.60. The van der Waals surface area contributed by atoms with Crippen molar-refractivity contribution in [3.63, 3.8) is 0 Å². The number of halogens is 1. The highest BCUT2D eigenvalue weighted by Gasteiger charge is 2.16. The van der Waals surface area contributed by atoms with Crippen LogP contribution in [0.1, 0.15) is 19.3 Å². The number of aromatic amines is 1. The first-order chi connectivity index (χ1) is 8.74. The minimum absolute atomic E-state index is 0.164. The number of H-pyrrole nitrogens is 1. The van der Waals surface area contributed by atoms with Crippen LogP contribution in [0.2, 0.25) is 0 Å². The number of benzene rings is 1.